The number of carbonyl (C=O) groups is 1. The Hall–Kier alpha value is -3.03. The smallest absolute Gasteiger partial charge is 0.278 e. The number of fused-ring (bicyclic) bond motifs is 1. The molecule has 0 bridgehead atoms. The van der Waals surface area contributed by atoms with Crippen LogP contribution in [0.4, 0.5) is 4.39 Å². The Kier molecular flexibility index (Phi) is 3.60. The van der Waals surface area contributed by atoms with Crippen molar-refractivity contribution in [2.24, 2.45) is 7.05 Å². The van der Waals surface area contributed by atoms with Gasteiger partial charge in [0, 0.05) is 42.8 Å². The highest BCUT2D eigenvalue weighted by molar-refractivity contribution is 5.94. The largest absolute Gasteiger partial charge is 0.334 e. The van der Waals surface area contributed by atoms with E-state index in [1.54, 1.807) is 17.0 Å². The van der Waals surface area contributed by atoms with Gasteiger partial charge >= 0.3 is 0 Å². The molecule has 7 nitrogen and oxygen atoms in total. The molecule has 1 fully saturated rings. The van der Waals surface area contributed by atoms with E-state index in [4.69, 9.17) is 4.52 Å². The van der Waals surface area contributed by atoms with Crippen molar-refractivity contribution in [1.82, 2.24) is 24.8 Å². The fraction of sp³-hybridized carbons (Fsp3) is 0.368. The Balaban J connectivity index is 1.46. The van der Waals surface area contributed by atoms with Crippen molar-refractivity contribution in [3.8, 4) is 11.6 Å². The molecular formula is C19H18FN5O2. The molecule has 1 aromatic carbocycles. The average molecular weight is 367 g/mol. The summed E-state index contributed by atoms with van der Waals surface area (Å²) in [5.41, 5.74) is 2.94. The van der Waals surface area contributed by atoms with Crippen LogP contribution in [0.25, 0.3) is 11.6 Å². The van der Waals surface area contributed by atoms with Crippen LogP contribution in [-0.2, 0) is 20.0 Å². The van der Waals surface area contributed by atoms with Crippen molar-refractivity contribution in [2.45, 2.75) is 31.7 Å². The van der Waals surface area contributed by atoms with Crippen molar-refractivity contribution in [2.75, 3.05) is 6.54 Å². The Morgan fingerprint density at radius 2 is 2.19 bits per heavy atom. The highest BCUT2D eigenvalue weighted by atomic mass is 19.1. The molecule has 0 atom stereocenters. The van der Waals surface area contributed by atoms with Crippen molar-refractivity contribution >= 4 is 5.91 Å². The lowest BCUT2D eigenvalue weighted by Crippen LogP contribution is -2.36. The maximum Gasteiger partial charge on any atom is 0.278 e. The lowest BCUT2D eigenvalue weighted by atomic mass is 10.0. The van der Waals surface area contributed by atoms with Gasteiger partial charge in [-0.25, -0.2) is 4.39 Å². The maximum absolute atomic E-state index is 13.5. The van der Waals surface area contributed by atoms with Crippen molar-refractivity contribution in [1.29, 1.82) is 0 Å². The zero-order valence-electron chi connectivity index (χ0n) is 14.9. The molecule has 27 heavy (non-hydrogen) atoms. The van der Waals surface area contributed by atoms with Gasteiger partial charge in [-0.2, -0.15) is 10.1 Å². The van der Waals surface area contributed by atoms with E-state index in [0.29, 0.717) is 42.6 Å². The number of nitrogens with zero attached hydrogens (tertiary/aromatic N) is 5. The molecule has 3 aromatic rings. The van der Waals surface area contributed by atoms with Gasteiger partial charge in [0.25, 0.3) is 11.8 Å². The number of hydrogen-bond donors (Lipinski definition) is 0. The lowest BCUT2D eigenvalue weighted by molar-refractivity contribution is 0.0733. The first-order valence-electron chi connectivity index (χ1n) is 9.03. The van der Waals surface area contributed by atoms with Crippen LogP contribution >= 0.6 is 0 Å². The van der Waals surface area contributed by atoms with E-state index in [1.807, 2.05) is 11.7 Å². The van der Waals surface area contributed by atoms with Crippen LogP contribution in [0.5, 0.6) is 0 Å². The SMILES string of the molecule is Cn1nc(-c2nc(C3CC3)no2)c2c1CCN(C(=O)c1cccc(F)c1)C2. The molecule has 0 spiro atoms. The summed E-state index contributed by atoms with van der Waals surface area (Å²) in [6, 6.07) is 5.77. The fourth-order valence-corrected chi connectivity index (χ4v) is 3.58. The molecule has 8 heteroatoms. The number of amides is 1. The molecule has 1 aliphatic carbocycles. The van der Waals surface area contributed by atoms with E-state index in [2.05, 4.69) is 15.2 Å². The minimum atomic E-state index is -0.418. The molecular weight excluding hydrogens is 349 g/mol. The molecule has 138 valence electrons. The Bertz CT molecular complexity index is 1040. The second-order valence-corrected chi connectivity index (χ2v) is 7.12. The van der Waals surface area contributed by atoms with Gasteiger partial charge < -0.3 is 9.42 Å². The number of halogens is 1. The maximum atomic E-state index is 13.5. The topological polar surface area (TPSA) is 77.1 Å². The zero-order valence-corrected chi connectivity index (χ0v) is 14.9. The minimum absolute atomic E-state index is 0.195. The molecule has 2 aromatic heterocycles. The van der Waals surface area contributed by atoms with Crippen LogP contribution in [0.3, 0.4) is 0 Å². The quantitative estimate of drug-likeness (QED) is 0.711. The number of rotatable bonds is 3. The summed E-state index contributed by atoms with van der Waals surface area (Å²) in [4.78, 5) is 19.0. The Morgan fingerprint density at radius 3 is 2.96 bits per heavy atom. The summed E-state index contributed by atoms with van der Waals surface area (Å²) in [6.45, 7) is 0.938. The van der Waals surface area contributed by atoms with Crippen LogP contribution in [0.1, 0.15) is 46.2 Å². The second kappa shape index (κ2) is 6.00. The summed E-state index contributed by atoms with van der Waals surface area (Å²) < 4.78 is 20.7. The van der Waals surface area contributed by atoms with Gasteiger partial charge in [-0.15, -0.1) is 0 Å². The van der Waals surface area contributed by atoms with Gasteiger partial charge in [-0.1, -0.05) is 11.2 Å². The first kappa shape index (κ1) is 16.2. The number of aryl methyl sites for hydroxylation is 1. The summed E-state index contributed by atoms with van der Waals surface area (Å²) in [5.74, 6) is 0.910. The third kappa shape index (κ3) is 2.81. The number of benzene rings is 1. The highest BCUT2D eigenvalue weighted by Crippen LogP contribution is 2.39. The van der Waals surface area contributed by atoms with E-state index in [0.717, 1.165) is 29.9 Å². The molecule has 0 unspecified atom stereocenters. The standard InChI is InChI=1S/C19H18FN5O2/c1-24-15-7-8-25(19(26)12-3-2-4-13(20)9-12)10-14(15)16(22-24)18-21-17(23-27-18)11-5-6-11/h2-4,9,11H,5-8,10H2,1H3. The molecule has 1 aliphatic heterocycles. The van der Waals surface area contributed by atoms with Crippen molar-refractivity contribution in [3.05, 3.63) is 52.7 Å². The highest BCUT2D eigenvalue weighted by Gasteiger charge is 2.32. The first-order chi connectivity index (χ1) is 13.1. The van der Waals surface area contributed by atoms with Crippen LogP contribution in [-0.4, -0.2) is 37.3 Å². The average Bonchev–Trinajstić information content (AvgIpc) is 3.32. The van der Waals surface area contributed by atoms with Crippen LogP contribution < -0.4 is 0 Å². The fourth-order valence-electron chi connectivity index (χ4n) is 3.58. The lowest BCUT2D eigenvalue weighted by Gasteiger charge is -2.27. The molecule has 5 rings (SSSR count). The number of hydrogen-bond acceptors (Lipinski definition) is 5. The molecule has 3 heterocycles. The minimum Gasteiger partial charge on any atom is -0.334 e. The molecule has 1 amide bonds. The zero-order chi connectivity index (χ0) is 18.5. The van der Waals surface area contributed by atoms with Gasteiger partial charge in [0.1, 0.15) is 5.82 Å². The predicted molar refractivity (Wildman–Crippen MR) is 93.3 cm³/mol. The van der Waals surface area contributed by atoms with Gasteiger partial charge in [0.05, 0.1) is 6.54 Å². The van der Waals surface area contributed by atoms with E-state index in [9.17, 15) is 9.18 Å². The third-order valence-corrected chi connectivity index (χ3v) is 5.19. The van der Waals surface area contributed by atoms with E-state index in [-0.39, 0.29) is 5.91 Å². The van der Waals surface area contributed by atoms with Crippen LogP contribution in [0, 0.1) is 5.82 Å². The third-order valence-electron chi connectivity index (χ3n) is 5.19. The van der Waals surface area contributed by atoms with Gasteiger partial charge in [0.2, 0.25) is 0 Å². The molecule has 0 N–H and O–H groups in total. The summed E-state index contributed by atoms with van der Waals surface area (Å²) in [5, 5.41) is 8.63. The van der Waals surface area contributed by atoms with Gasteiger partial charge in [0.15, 0.2) is 11.5 Å². The normalized spacial score (nSPS) is 16.4. The van der Waals surface area contributed by atoms with Crippen molar-refractivity contribution < 1.29 is 13.7 Å². The summed E-state index contributed by atoms with van der Waals surface area (Å²) in [7, 11) is 1.88. The number of aromatic nitrogens is 4. The summed E-state index contributed by atoms with van der Waals surface area (Å²) in [6.07, 6.45) is 2.86. The Morgan fingerprint density at radius 1 is 1.33 bits per heavy atom. The first-order valence-corrected chi connectivity index (χ1v) is 9.03. The van der Waals surface area contributed by atoms with E-state index >= 15 is 0 Å². The monoisotopic (exact) mass is 367 g/mol. The molecule has 0 radical (unpaired) electrons. The van der Waals surface area contributed by atoms with Crippen LogP contribution in [0.2, 0.25) is 0 Å². The molecule has 2 aliphatic rings. The van der Waals surface area contributed by atoms with Crippen molar-refractivity contribution in [3.63, 3.8) is 0 Å². The number of carbonyl (C=O) groups excluding carboxylic acids is 1. The second-order valence-electron chi connectivity index (χ2n) is 7.12. The predicted octanol–water partition coefficient (Wildman–Crippen LogP) is 2.69. The Labute approximate surface area is 154 Å². The van der Waals surface area contributed by atoms with Gasteiger partial charge in [-0.3, -0.25) is 9.48 Å². The summed E-state index contributed by atoms with van der Waals surface area (Å²) >= 11 is 0. The van der Waals surface area contributed by atoms with Gasteiger partial charge in [-0.05, 0) is 31.0 Å². The molecule has 1 saturated carbocycles. The van der Waals surface area contributed by atoms with E-state index in [1.165, 1.54) is 12.1 Å². The van der Waals surface area contributed by atoms with E-state index < -0.39 is 5.82 Å². The molecule has 0 saturated heterocycles. The van der Waals surface area contributed by atoms with Crippen LogP contribution in [0.15, 0.2) is 28.8 Å².